The van der Waals surface area contributed by atoms with Crippen LogP contribution in [0, 0.1) is 0 Å². The number of fused-ring (bicyclic) bond motifs is 3. The summed E-state index contributed by atoms with van der Waals surface area (Å²) >= 11 is 0. The number of imidazole rings is 1. The minimum atomic E-state index is -3.07. The summed E-state index contributed by atoms with van der Waals surface area (Å²) in [5.41, 5.74) is 9.67. The van der Waals surface area contributed by atoms with Gasteiger partial charge in [0.25, 0.3) is 0 Å². The number of pyridine rings is 1. The zero-order valence-corrected chi connectivity index (χ0v) is 18.6. The van der Waals surface area contributed by atoms with Crippen LogP contribution in [0.15, 0.2) is 0 Å². The van der Waals surface area contributed by atoms with Gasteiger partial charge in [0.1, 0.15) is 27.8 Å². The SMILES string of the molecule is CCOCc1nc2c(N)nc3c(c2n1CC(C)(C)OCCS(C)(=O)=O)CCCC3. The van der Waals surface area contributed by atoms with Crippen molar-refractivity contribution >= 4 is 26.7 Å². The number of anilines is 1. The molecule has 0 saturated heterocycles. The molecule has 0 unspecified atom stereocenters. The quantitative estimate of drug-likeness (QED) is 0.657. The van der Waals surface area contributed by atoms with Crippen molar-refractivity contribution in [3.8, 4) is 0 Å². The lowest BCUT2D eigenvalue weighted by atomic mass is 9.94. The fourth-order valence-corrected chi connectivity index (χ4v) is 4.21. The Bertz CT molecular complexity index is 982. The number of nitrogens with two attached hydrogens (primary N) is 1. The number of rotatable bonds is 9. The van der Waals surface area contributed by atoms with Crippen molar-refractivity contribution < 1.29 is 17.9 Å². The van der Waals surface area contributed by atoms with E-state index in [2.05, 4.69) is 9.55 Å². The third kappa shape index (κ3) is 5.26. The van der Waals surface area contributed by atoms with Gasteiger partial charge < -0.3 is 19.8 Å². The van der Waals surface area contributed by atoms with Crippen LogP contribution in [0.25, 0.3) is 11.0 Å². The van der Waals surface area contributed by atoms with Crippen molar-refractivity contribution in [3.63, 3.8) is 0 Å². The van der Waals surface area contributed by atoms with Gasteiger partial charge in [0, 0.05) is 18.6 Å². The number of sulfone groups is 1. The number of hydrogen-bond acceptors (Lipinski definition) is 7. The van der Waals surface area contributed by atoms with Crippen LogP contribution < -0.4 is 5.73 Å². The highest BCUT2D eigenvalue weighted by molar-refractivity contribution is 7.90. The van der Waals surface area contributed by atoms with E-state index in [4.69, 9.17) is 20.2 Å². The molecule has 8 nitrogen and oxygen atoms in total. The van der Waals surface area contributed by atoms with Crippen molar-refractivity contribution in [1.82, 2.24) is 14.5 Å². The fourth-order valence-electron chi connectivity index (χ4n) is 3.82. The van der Waals surface area contributed by atoms with Crippen LogP contribution in [0.1, 0.15) is 50.7 Å². The normalized spacial score (nSPS) is 15.0. The molecule has 162 valence electrons. The maximum absolute atomic E-state index is 11.4. The summed E-state index contributed by atoms with van der Waals surface area (Å²) in [6.07, 6.45) is 5.33. The standard InChI is InChI=1S/C20H32N4O4S/c1-5-27-12-16-23-17-18(14-8-6-7-9-15(14)22-19(17)21)24(16)13-20(2,3)28-10-11-29(4,25)26/h5-13H2,1-4H3,(H2,21,22). The molecule has 3 rings (SSSR count). The number of aryl methyl sites for hydroxylation is 2. The second-order valence-electron chi connectivity index (χ2n) is 8.32. The van der Waals surface area contributed by atoms with Crippen molar-refractivity contribution in [2.75, 3.05) is 31.0 Å². The molecule has 0 aliphatic heterocycles. The van der Waals surface area contributed by atoms with E-state index in [0.717, 1.165) is 42.7 Å². The van der Waals surface area contributed by atoms with E-state index in [9.17, 15) is 8.42 Å². The average molecular weight is 425 g/mol. The minimum absolute atomic E-state index is 0.000818. The minimum Gasteiger partial charge on any atom is -0.382 e. The molecule has 2 aromatic heterocycles. The van der Waals surface area contributed by atoms with Gasteiger partial charge in [0.05, 0.1) is 30.0 Å². The van der Waals surface area contributed by atoms with Gasteiger partial charge in [0.2, 0.25) is 0 Å². The Balaban J connectivity index is 2.00. The molecule has 0 aromatic carbocycles. The first-order chi connectivity index (χ1) is 13.6. The summed E-state index contributed by atoms with van der Waals surface area (Å²) in [5, 5.41) is 0. The van der Waals surface area contributed by atoms with Gasteiger partial charge in [0.15, 0.2) is 5.82 Å². The van der Waals surface area contributed by atoms with Crippen molar-refractivity contribution in [1.29, 1.82) is 0 Å². The molecular weight excluding hydrogens is 392 g/mol. The number of nitrogen functional groups attached to an aromatic ring is 1. The van der Waals surface area contributed by atoms with Crippen molar-refractivity contribution in [2.45, 2.75) is 65.2 Å². The third-order valence-electron chi connectivity index (χ3n) is 5.19. The fraction of sp³-hybridized carbons (Fsp3) is 0.700. The highest BCUT2D eigenvalue weighted by Gasteiger charge is 2.27. The first kappa shape index (κ1) is 22.0. The molecule has 0 amide bonds. The van der Waals surface area contributed by atoms with Crippen LogP contribution in [-0.2, 0) is 45.3 Å². The summed E-state index contributed by atoms with van der Waals surface area (Å²) in [6, 6.07) is 0. The predicted molar refractivity (Wildman–Crippen MR) is 114 cm³/mol. The monoisotopic (exact) mass is 424 g/mol. The molecule has 1 aliphatic carbocycles. The molecule has 2 heterocycles. The van der Waals surface area contributed by atoms with E-state index in [1.54, 1.807) is 0 Å². The number of hydrogen-bond donors (Lipinski definition) is 1. The van der Waals surface area contributed by atoms with Crippen molar-refractivity contribution in [2.24, 2.45) is 0 Å². The van der Waals surface area contributed by atoms with Gasteiger partial charge in [-0.3, -0.25) is 0 Å². The van der Waals surface area contributed by atoms with Gasteiger partial charge in [-0.2, -0.15) is 0 Å². The predicted octanol–water partition coefficient (Wildman–Crippen LogP) is 2.27. The molecule has 0 spiro atoms. The number of ether oxygens (including phenoxy) is 2. The summed E-state index contributed by atoms with van der Waals surface area (Å²) in [7, 11) is -3.07. The maximum atomic E-state index is 11.4. The molecule has 29 heavy (non-hydrogen) atoms. The van der Waals surface area contributed by atoms with Crippen LogP contribution in [0.5, 0.6) is 0 Å². The van der Waals surface area contributed by atoms with Crippen LogP contribution in [0.3, 0.4) is 0 Å². The second-order valence-corrected chi connectivity index (χ2v) is 10.6. The van der Waals surface area contributed by atoms with E-state index < -0.39 is 15.4 Å². The van der Waals surface area contributed by atoms with Gasteiger partial charge in [-0.05, 0) is 52.0 Å². The molecule has 0 atom stereocenters. The summed E-state index contributed by atoms with van der Waals surface area (Å²) < 4.78 is 36.6. The van der Waals surface area contributed by atoms with Gasteiger partial charge >= 0.3 is 0 Å². The highest BCUT2D eigenvalue weighted by Crippen LogP contribution is 2.33. The average Bonchev–Trinajstić information content (AvgIpc) is 2.97. The lowest BCUT2D eigenvalue weighted by Crippen LogP contribution is -2.33. The van der Waals surface area contributed by atoms with Crippen LogP contribution in [0.4, 0.5) is 5.82 Å². The molecular formula is C20H32N4O4S. The second kappa shape index (κ2) is 8.57. The molecule has 1 aliphatic rings. The molecule has 2 aromatic rings. The summed E-state index contributed by atoms with van der Waals surface area (Å²) in [5.74, 6) is 1.24. The molecule has 0 saturated carbocycles. The Morgan fingerprint density at radius 2 is 1.93 bits per heavy atom. The molecule has 0 radical (unpaired) electrons. The van der Waals surface area contributed by atoms with Gasteiger partial charge in [-0.15, -0.1) is 0 Å². The Hall–Kier alpha value is -1.71. The molecule has 0 fully saturated rings. The maximum Gasteiger partial charge on any atom is 0.151 e. The highest BCUT2D eigenvalue weighted by atomic mass is 32.2. The molecule has 2 N–H and O–H groups in total. The van der Waals surface area contributed by atoms with E-state index in [1.165, 1.54) is 11.8 Å². The lowest BCUT2D eigenvalue weighted by Gasteiger charge is -2.28. The Morgan fingerprint density at radius 1 is 1.21 bits per heavy atom. The summed E-state index contributed by atoms with van der Waals surface area (Å²) in [6.45, 7) is 7.50. The van der Waals surface area contributed by atoms with Gasteiger partial charge in [-0.1, -0.05) is 0 Å². The Kier molecular flexibility index (Phi) is 6.50. The first-order valence-corrected chi connectivity index (χ1v) is 12.2. The van der Waals surface area contributed by atoms with Gasteiger partial charge in [-0.25, -0.2) is 18.4 Å². The zero-order chi connectivity index (χ0) is 21.2. The van der Waals surface area contributed by atoms with Crippen molar-refractivity contribution in [3.05, 3.63) is 17.1 Å². The van der Waals surface area contributed by atoms with E-state index in [1.807, 2.05) is 20.8 Å². The van der Waals surface area contributed by atoms with Crippen LogP contribution in [-0.4, -0.2) is 53.8 Å². The number of nitrogens with zero attached hydrogens (tertiary/aromatic N) is 3. The lowest BCUT2D eigenvalue weighted by molar-refractivity contribution is -0.0220. The van der Waals surface area contributed by atoms with E-state index >= 15 is 0 Å². The number of aromatic nitrogens is 3. The third-order valence-corrected chi connectivity index (χ3v) is 6.10. The van der Waals surface area contributed by atoms with E-state index in [-0.39, 0.29) is 12.4 Å². The van der Waals surface area contributed by atoms with Crippen LogP contribution >= 0.6 is 0 Å². The smallest absolute Gasteiger partial charge is 0.151 e. The Labute approximate surface area is 172 Å². The molecule has 9 heteroatoms. The topological polar surface area (TPSA) is 109 Å². The Morgan fingerprint density at radius 3 is 2.62 bits per heavy atom. The zero-order valence-electron chi connectivity index (χ0n) is 17.8. The largest absolute Gasteiger partial charge is 0.382 e. The van der Waals surface area contributed by atoms with E-state index in [0.29, 0.717) is 31.1 Å². The molecule has 0 bridgehead atoms. The first-order valence-electron chi connectivity index (χ1n) is 10.2. The summed E-state index contributed by atoms with van der Waals surface area (Å²) in [4.78, 5) is 9.37. The van der Waals surface area contributed by atoms with Crippen LogP contribution in [0.2, 0.25) is 0 Å².